The summed E-state index contributed by atoms with van der Waals surface area (Å²) in [6.07, 6.45) is 3.29. The van der Waals surface area contributed by atoms with Crippen molar-refractivity contribution in [2.45, 2.75) is 12.6 Å². The number of carboxylic acid groups (broad SMARTS) is 1. The lowest BCUT2D eigenvalue weighted by Gasteiger charge is -2.20. The highest BCUT2D eigenvalue weighted by atomic mass is 32.1. The topological polar surface area (TPSA) is 98.3 Å². The van der Waals surface area contributed by atoms with Gasteiger partial charge in [-0.3, -0.25) is 5.10 Å². The summed E-state index contributed by atoms with van der Waals surface area (Å²) in [5.41, 5.74) is 0.839. The summed E-state index contributed by atoms with van der Waals surface area (Å²) in [5, 5.41) is 19.9. The first kappa shape index (κ1) is 14.1. The number of H-pyrrole nitrogens is 1. The van der Waals surface area contributed by atoms with Crippen molar-refractivity contribution < 1.29 is 14.7 Å². The van der Waals surface area contributed by atoms with Gasteiger partial charge in [-0.05, 0) is 11.4 Å². The van der Waals surface area contributed by atoms with Crippen LogP contribution in [0.5, 0.6) is 0 Å². The second-order valence-corrected chi connectivity index (χ2v) is 5.18. The van der Waals surface area contributed by atoms with Crippen LogP contribution in [0.1, 0.15) is 16.5 Å². The molecule has 0 saturated heterocycles. The van der Waals surface area contributed by atoms with Gasteiger partial charge >= 0.3 is 12.0 Å². The molecule has 0 aliphatic carbocycles. The molecule has 2 aromatic heterocycles. The lowest BCUT2D eigenvalue weighted by molar-refractivity contribution is -0.139. The molecule has 2 heterocycles. The molecular formula is C12H14N4O3S. The van der Waals surface area contributed by atoms with E-state index >= 15 is 0 Å². The summed E-state index contributed by atoms with van der Waals surface area (Å²) in [4.78, 5) is 25.2. The number of nitrogens with zero attached hydrogens (tertiary/aromatic N) is 2. The van der Waals surface area contributed by atoms with Crippen LogP contribution in [0.4, 0.5) is 4.79 Å². The Hall–Kier alpha value is -2.35. The van der Waals surface area contributed by atoms with Crippen LogP contribution in [-0.4, -0.2) is 39.3 Å². The smallest absolute Gasteiger partial charge is 0.331 e. The van der Waals surface area contributed by atoms with Crippen molar-refractivity contribution in [3.05, 3.63) is 40.3 Å². The molecule has 0 aliphatic rings. The van der Waals surface area contributed by atoms with Gasteiger partial charge in [-0.1, -0.05) is 6.07 Å². The van der Waals surface area contributed by atoms with Gasteiger partial charge in [-0.2, -0.15) is 5.10 Å². The minimum atomic E-state index is -1.09. The highest BCUT2D eigenvalue weighted by Gasteiger charge is 2.24. The largest absolute Gasteiger partial charge is 0.479 e. The van der Waals surface area contributed by atoms with Crippen molar-refractivity contribution in [2.75, 3.05) is 7.05 Å². The van der Waals surface area contributed by atoms with E-state index in [1.54, 1.807) is 37.0 Å². The van der Waals surface area contributed by atoms with Gasteiger partial charge in [0.1, 0.15) is 0 Å². The van der Waals surface area contributed by atoms with Crippen LogP contribution in [0.3, 0.4) is 0 Å². The highest BCUT2D eigenvalue weighted by Crippen LogP contribution is 2.19. The van der Waals surface area contributed by atoms with Crippen molar-refractivity contribution >= 4 is 23.3 Å². The van der Waals surface area contributed by atoms with Crippen LogP contribution in [0.15, 0.2) is 29.9 Å². The van der Waals surface area contributed by atoms with E-state index in [-0.39, 0.29) is 0 Å². The lowest BCUT2D eigenvalue weighted by atomic mass is 10.2. The number of carbonyl (C=O) groups excluding carboxylic acids is 1. The Morgan fingerprint density at radius 1 is 1.60 bits per heavy atom. The number of hydrogen-bond acceptors (Lipinski definition) is 4. The van der Waals surface area contributed by atoms with Gasteiger partial charge in [0, 0.05) is 23.7 Å². The first-order valence-electron chi connectivity index (χ1n) is 5.83. The molecule has 0 radical (unpaired) electrons. The number of nitrogens with one attached hydrogen (secondary N) is 2. The quantitative estimate of drug-likeness (QED) is 0.777. The van der Waals surface area contributed by atoms with Crippen molar-refractivity contribution in [3.63, 3.8) is 0 Å². The number of carbonyl (C=O) groups is 2. The minimum absolute atomic E-state index is 0.346. The normalized spacial score (nSPS) is 11.8. The molecule has 3 N–H and O–H groups in total. The highest BCUT2D eigenvalue weighted by molar-refractivity contribution is 7.10. The molecule has 0 fully saturated rings. The summed E-state index contributed by atoms with van der Waals surface area (Å²) >= 11 is 1.29. The summed E-state index contributed by atoms with van der Waals surface area (Å²) < 4.78 is 0. The van der Waals surface area contributed by atoms with Gasteiger partial charge in [0.2, 0.25) is 0 Å². The Balaban J connectivity index is 1.99. The maximum absolute atomic E-state index is 12.0. The second kappa shape index (κ2) is 6.20. The third-order valence-corrected chi connectivity index (χ3v) is 3.60. The zero-order chi connectivity index (χ0) is 14.5. The van der Waals surface area contributed by atoms with Gasteiger partial charge in [0.15, 0.2) is 6.04 Å². The number of thiophene rings is 1. The van der Waals surface area contributed by atoms with Gasteiger partial charge < -0.3 is 15.3 Å². The van der Waals surface area contributed by atoms with Crippen molar-refractivity contribution in [3.8, 4) is 0 Å². The van der Waals surface area contributed by atoms with Crippen LogP contribution in [0, 0.1) is 0 Å². The Bertz CT molecular complexity index is 568. The second-order valence-electron chi connectivity index (χ2n) is 4.20. The molecule has 1 atom stereocenters. The van der Waals surface area contributed by atoms with Crippen LogP contribution < -0.4 is 5.32 Å². The molecule has 20 heavy (non-hydrogen) atoms. The number of urea groups is 1. The Morgan fingerprint density at radius 3 is 2.95 bits per heavy atom. The number of carboxylic acids is 1. The van der Waals surface area contributed by atoms with Gasteiger partial charge in [-0.15, -0.1) is 11.3 Å². The Labute approximate surface area is 119 Å². The SMILES string of the molecule is CN(Cc1cn[nH]c1)C(=O)NC(C(=O)O)c1cccs1. The van der Waals surface area contributed by atoms with Crippen molar-refractivity contribution in [2.24, 2.45) is 0 Å². The number of amides is 2. The fourth-order valence-corrected chi connectivity index (χ4v) is 2.42. The van der Waals surface area contributed by atoms with E-state index < -0.39 is 18.0 Å². The van der Waals surface area contributed by atoms with Crippen LogP contribution >= 0.6 is 11.3 Å². The molecule has 2 rings (SSSR count). The molecule has 7 nitrogen and oxygen atoms in total. The first-order chi connectivity index (χ1) is 9.58. The fraction of sp³-hybridized carbons (Fsp3) is 0.250. The van der Waals surface area contributed by atoms with E-state index in [1.807, 2.05) is 0 Å². The predicted molar refractivity (Wildman–Crippen MR) is 73.3 cm³/mol. The monoisotopic (exact) mass is 294 g/mol. The zero-order valence-electron chi connectivity index (χ0n) is 10.7. The van der Waals surface area contributed by atoms with E-state index in [0.717, 1.165) is 5.56 Å². The van der Waals surface area contributed by atoms with Gasteiger partial charge in [-0.25, -0.2) is 9.59 Å². The number of aromatic nitrogens is 2. The molecule has 0 saturated carbocycles. The van der Waals surface area contributed by atoms with Gasteiger partial charge in [0.25, 0.3) is 0 Å². The van der Waals surface area contributed by atoms with E-state index in [2.05, 4.69) is 15.5 Å². The lowest BCUT2D eigenvalue weighted by Crippen LogP contribution is -2.41. The number of hydrogen-bond donors (Lipinski definition) is 3. The summed E-state index contributed by atoms with van der Waals surface area (Å²) in [6.45, 7) is 0.346. The molecule has 8 heteroatoms. The Kier molecular flexibility index (Phi) is 4.36. The third-order valence-electron chi connectivity index (χ3n) is 2.66. The fourth-order valence-electron chi connectivity index (χ4n) is 1.65. The maximum atomic E-state index is 12.0. The molecule has 0 aliphatic heterocycles. The molecule has 2 amide bonds. The number of aliphatic carboxylic acids is 1. The average molecular weight is 294 g/mol. The molecule has 0 bridgehead atoms. The minimum Gasteiger partial charge on any atom is -0.479 e. The maximum Gasteiger partial charge on any atom is 0.331 e. The molecule has 106 valence electrons. The first-order valence-corrected chi connectivity index (χ1v) is 6.71. The van der Waals surface area contributed by atoms with Crippen LogP contribution in [0.25, 0.3) is 0 Å². The molecule has 0 spiro atoms. The predicted octanol–water partition coefficient (Wildman–Crippen LogP) is 1.44. The van der Waals surface area contributed by atoms with Crippen LogP contribution in [-0.2, 0) is 11.3 Å². The standard InChI is InChI=1S/C12H14N4O3S/c1-16(7-8-5-13-14-6-8)12(19)15-10(11(17)18)9-3-2-4-20-9/h2-6,10H,7H2,1H3,(H,13,14)(H,15,19)(H,17,18). The van der Waals surface area contributed by atoms with E-state index in [4.69, 9.17) is 0 Å². The number of aromatic amines is 1. The molecule has 1 unspecified atom stereocenters. The zero-order valence-corrected chi connectivity index (χ0v) is 11.6. The Morgan fingerprint density at radius 2 is 2.40 bits per heavy atom. The summed E-state index contributed by atoms with van der Waals surface area (Å²) in [5.74, 6) is -1.09. The summed E-state index contributed by atoms with van der Waals surface area (Å²) in [6, 6.07) is 1.94. The molecule has 0 aromatic carbocycles. The van der Waals surface area contributed by atoms with Gasteiger partial charge in [0.05, 0.1) is 12.7 Å². The van der Waals surface area contributed by atoms with Crippen LogP contribution in [0.2, 0.25) is 0 Å². The molecule has 2 aromatic rings. The molecular weight excluding hydrogens is 280 g/mol. The van der Waals surface area contributed by atoms with E-state index in [0.29, 0.717) is 11.4 Å². The van der Waals surface area contributed by atoms with E-state index in [9.17, 15) is 14.7 Å². The van der Waals surface area contributed by atoms with E-state index in [1.165, 1.54) is 16.2 Å². The average Bonchev–Trinajstić information content (AvgIpc) is 3.07. The third kappa shape index (κ3) is 3.35. The summed E-state index contributed by atoms with van der Waals surface area (Å²) in [7, 11) is 1.59. The van der Waals surface area contributed by atoms with Crippen molar-refractivity contribution in [1.82, 2.24) is 20.4 Å². The number of rotatable bonds is 5. The van der Waals surface area contributed by atoms with Crippen molar-refractivity contribution in [1.29, 1.82) is 0 Å².